The summed E-state index contributed by atoms with van der Waals surface area (Å²) in [5.41, 5.74) is 1.72. The van der Waals surface area contributed by atoms with Crippen LogP contribution < -0.4 is 9.64 Å². The number of aromatic hydroxyl groups is 1. The van der Waals surface area contributed by atoms with Gasteiger partial charge >= 0.3 is 6.01 Å². The number of rotatable bonds is 5. The van der Waals surface area contributed by atoms with Gasteiger partial charge in [-0.05, 0) is 90.9 Å². The molecule has 4 atom stereocenters. The second-order valence-electron chi connectivity index (χ2n) is 13.2. The molecule has 4 fully saturated rings. The van der Waals surface area contributed by atoms with Crippen molar-refractivity contribution in [3.05, 3.63) is 53.8 Å². The summed E-state index contributed by atoms with van der Waals surface area (Å²) < 4.78 is 35.7. The maximum absolute atomic E-state index is 14.8. The van der Waals surface area contributed by atoms with E-state index in [1.54, 1.807) is 18.2 Å². The molecule has 45 heavy (non-hydrogen) atoms. The fraction of sp³-hybridized carbons (Fsp3) is 0.417. The number of aromatic nitrogens is 2. The van der Waals surface area contributed by atoms with E-state index in [0.717, 1.165) is 56.5 Å². The van der Waals surface area contributed by atoms with Crippen molar-refractivity contribution in [3.8, 4) is 41.3 Å². The Morgan fingerprint density at radius 3 is 2.69 bits per heavy atom. The third-order valence-electron chi connectivity index (χ3n) is 10.7. The Hall–Kier alpha value is -4.47. The van der Waals surface area contributed by atoms with Crippen molar-refractivity contribution in [2.24, 2.45) is 17.8 Å². The number of nitriles is 1. The van der Waals surface area contributed by atoms with Crippen molar-refractivity contribution in [2.75, 3.05) is 37.7 Å². The zero-order valence-corrected chi connectivity index (χ0v) is 24.8. The fourth-order valence-corrected chi connectivity index (χ4v) is 8.61. The summed E-state index contributed by atoms with van der Waals surface area (Å²) in [6.07, 6.45) is 9.27. The van der Waals surface area contributed by atoms with E-state index >= 15 is 0 Å². The van der Waals surface area contributed by atoms with Gasteiger partial charge in [0.25, 0.3) is 0 Å². The van der Waals surface area contributed by atoms with E-state index in [2.05, 4.69) is 21.8 Å². The molecule has 8 rings (SSSR count). The lowest BCUT2D eigenvalue weighted by Gasteiger charge is -2.36. The molecule has 4 aromatic rings. The van der Waals surface area contributed by atoms with Gasteiger partial charge in [-0.1, -0.05) is 18.1 Å². The number of piperidine rings is 1. The first-order valence-corrected chi connectivity index (χ1v) is 15.8. The lowest BCUT2D eigenvalue weighted by Crippen LogP contribution is -2.44. The van der Waals surface area contributed by atoms with E-state index in [4.69, 9.17) is 21.1 Å². The smallest absolute Gasteiger partial charge is 0.319 e. The van der Waals surface area contributed by atoms with E-state index in [9.17, 15) is 19.1 Å². The molecule has 7 nitrogen and oxygen atoms in total. The number of nitrogens with zero attached hydrogens (tertiary/aromatic N) is 5. The fourth-order valence-electron chi connectivity index (χ4n) is 8.61. The topological polar surface area (TPSA) is 85.5 Å². The van der Waals surface area contributed by atoms with Crippen LogP contribution in [0.3, 0.4) is 0 Å². The van der Waals surface area contributed by atoms with Gasteiger partial charge in [0, 0.05) is 36.8 Å². The highest BCUT2D eigenvalue weighted by Gasteiger charge is 2.49. The molecule has 1 N–H and O–H groups in total. The number of hydrogen-bond donors (Lipinski definition) is 1. The first kappa shape index (κ1) is 28.0. The molecule has 1 aliphatic carbocycles. The molecular weight excluding hydrogens is 572 g/mol. The van der Waals surface area contributed by atoms with Gasteiger partial charge in [0.15, 0.2) is 0 Å². The summed E-state index contributed by atoms with van der Waals surface area (Å²) in [4.78, 5) is 14.3. The van der Waals surface area contributed by atoms with Gasteiger partial charge < -0.3 is 14.7 Å². The summed E-state index contributed by atoms with van der Waals surface area (Å²) in [6, 6.07) is 14.6. The number of alkyl halides is 1. The molecule has 228 valence electrons. The second kappa shape index (κ2) is 10.6. The number of anilines is 1. The predicted molar refractivity (Wildman–Crippen MR) is 168 cm³/mol. The van der Waals surface area contributed by atoms with E-state index in [1.807, 2.05) is 18.2 Å². The highest BCUT2D eigenvalue weighted by molar-refractivity contribution is 6.03. The molecule has 0 spiro atoms. The van der Waals surface area contributed by atoms with Crippen LogP contribution in [0.4, 0.5) is 14.6 Å². The average molecular weight is 606 g/mol. The Kier molecular flexibility index (Phi) is 6.58. The molecule has 9 heteroatoms. The van der Waals surface area contributed by atoms with Gasteiger partial charge in [0.1, 0.15) is 30.2 Å². The molecule has 4 heterocycles. The summed E-state index contributed by atoms with van der Waals surface area (Å²) in [5, 5.41) is 22.4. The predicted octanol–water partition coefficient (Wildman–Crippen LogP) is 6.22. The zero-order chi connectivity index (χ0) is 30.9. The zero-order valence-electron chi connectivity index (χ0n) is 24.8. The number of hydrogen-bond acceptors (Lipinski definition) is 7. The number of halogens is 2. The summed E-state index contributed by atoms with van der Waals surface area (Å²) >= 11 is 0. The number of phenolic OH excluding ortho intramolecular Hbond substituents is 1. The molecule has 3 aromatic carbocycles. The Balaban J connectivity index is 1.24. The van der Waals surface area contributed by atoms with Gasteiger partial charge in [-0.3, -0.25) is 4.90 Å². The van der Waals surface area contributed by atoms with Crippen LogP contribution in [0, 0.1) is 47.2 Å². The maximum Gasteiger partial charge on any atom is 0.319 e. The van der Waals surface area contributed by atoms with Gasteiger partial charge in [0.2, 0.25) is 0 Å². The highest BCUT2D eigenvalue weighted by atomic mass is 19.1. The largest absolute Gasteiger partial charge is 0.508 e. The Morgan fingerprint density at radius 1 is 1.09 bits per heavy atom. The quantitative estimate of drug-likeness (QED) is 0.271. The molecule has 1 saturated carbocycles. The molecule has 3 saturated heterocycles. The lowest BCUT2D eigenvalue weighted by atomic mass is 9.86. The molecule has 2 bridgehead atoms. The molecule has 4 aliphatic rings. The van der Waals surface area contributed by atoms with Crippen molar-refractivity contribution in [3.63, 3.8) is 0 Å². The van der Waals surface area contributed by atoms with Crippen molar-refractivity contribution in [1.82, 2.24) is 14.9 Å². The second-order valence-corrected chi connectivity index (χ2v) is 13.2. The number of phenols is 1. The van der Waals surface area contributed by atoms with Crippen molar-refractivity contribution in [1.29, 1.82) is 5.26 Å². The van der Waals surface area contributed by atoms with Crippen molar-refractivity contribution >= 4 is 27.5 Å². The van der Waals surface area contributed by atoms with E-state index < -0.39 is 12.0 Å². The SMILES string of the molecule is C#Cc1c(F)ccc2cc(O)cc(-c3ccc4c(N5CC6CCC(C5)C6C#N)nc(OC[C@@]56CCCN5C[C@H](F)C6)nc4c3)c12. The number of benzene rings is 3. The average Bonchev–Trinajstić information content (AvgIpc) is 3.65. The monoisotopic (exact) mass is 605 g/mol. The molecule has 0 radical (unpaired) electrons. The van der Waals surface area contributed by atoms with Crippen LogP contribution >= 0.6 is 0 Å². The third kappa shape index (κ3) is 4.56. The Labute approximate surface area is 260 Å². The van der Waals surface area contributed by atoms with Crippen LogP contribution in [-0.2, 0) is 0 Å². The lowest BCUT2D eigenvalue weighted by molar-refractivity contribution is 0.107. The standard InChI is InChI=1S/C36H33F2N5O2/c1-2-27-31(38)9-7-22-12-26(44)14-29(33(22)27)21-6-8-28-32(13-21)40-35(45-20-36-10-3-11-43(36)19-25(37)15-36)41-34(28)42-17-23-4-5-24(18-42)30(23)16-39/h1,6-9,12-14,23-25,30,44H,3-5,10-11,15,17-20H2/t23?,24?,25-,30?,36+/m1/s1. The van der Waals surface area contributed by atoms with Crippen LogP contribution in [0.1, 0.15) is 37.7 Å². The summed E-state index contributed by atoms with van der Waals surface area (Å²) in [5.74, 6) is 3.40. The van der Waals surface area contributed by atoms with Crippen LogP contribution in [-0.4, -0.2) is 64.5 Å². The Morgan fingerprint density at radius 2 is 1.91 bits per heavy atom. The molecule has 0 amide bonds. The molecule has 2 unspecified atom stereocenters. The minimum Gasteiger partial charge on any atom is -0.508 e. The first-order chi connectivity index (χ1) is 21.9. The van der Waals surface area contributed by atoms with E-state index in [1.165, 1.54) is 6.07 Å². The molecule has 3 aliphatic heterocycles. The van der Waals surface area contributed by atoms with Crippen LogP contribution in [0.15, 0.2) is 42.5 Å². The molecule has 1 aromatic heterocycles. The van der Waals surface area contributed by atoms with Gasteiger partial charge in [-0.25, -0.2) is 8.78 Å². The minimum atomic E-state index is -0.865. The summed E-state index contributed by atoms with van der Waals surface area (Å²) in [6.45, 7) is 3.06. The summed E-state index contributed by atoms with van der Waals surface area (Å²) in [7, 11) is 0. The first-order valence-electron chi connectivity index (χ1n) is 15.8. The van der Waals surface area contributed by atoms with Gasteiger partial charge in [-0.2, -0.15) is 15.2 Å². The van der Waals surface area contributed by atoms with E-state index in [-0.39, 0.29) is 40.6 Å². The van der Waals surface area contributed by atoms with Gasteiger partial charge in [-0.15, -0.1) is 6.42 Å². The number of terminal acetylenes is 1. The van der Waals surface area contributed by atoms with E-state index in [0.29, 0.717) is 47.0 Å². The number of fused-ring (bicyclic) bond motifs is 5. The normalized spacial score (nSPS) is 27.5. The van der Waals surface area contributed by atoms with Crippen molar-refractivity contribution in [2.45, 2.75) is 43.8 Å². The highest BCUT2D eigenvalue weighted by Crippen LogP contribution is 2.45. The van der Waals surface area contributed by atoms with Crippen LogP contribution in [0.5, 0.6) is 11.8 Å². The number of ether oxygens (including phenoxy) is 1. The third-order valence-corrected chi connectivity index (χ3v) is 10.7. The van der Waals surface area contributed by atoms with Crippen molar-refractivity contribution < 1.29 is 18.6 Å². The minimum absolute atomic E-state index is 0.0403. The maximum atomic E-state index is 14.8. The Bertz CT molecular complexity index is 1920. The molecular formula is C36H33F2N5O2. The van der Waals surface area contributed by atoms with Gasteiger partial charge in [0.05, 0.1) is 28.6 Å². The van der Waals surface area contributed by atoms with Crippen LogP contribution in [0.25, 0.3) is 32.8 Å². The van der Waals surface area contributed by atoms with Crippen LogP contribution in [0.2, 0.25) is 0 Å².